The molecule has 0 saturated heterocycles. The summed E-state index contributed by atoms with van der Waals surface area (Å²) in [5, 5.41) is 9.89. The highest BCUT2D eigenvalue weighted by molar-refractivity contribution is 7.81. The molecule has 108 valence electrons. The van der Waals surface area contributed by atoms with E-state index in [2.05, 4.69) is 39.1 Å². The molecule has 0 bridgehead atoms. The van der Waals surface area contributed by atoms with Gasteiger partial charge in [0.2, 0.25) is 0 Å². The maximum atomic E-state index is 11.1. The Bertz CT molecular complexity index is 211. The Morgan fingerprint density at radius 3 is 1.72 bits per heavy atom. The van der Waals surface area contributed by atoms with Crippen molar-refractivity contribution in [3.05, 3.63) is 0 Å². The van der Waals surface area contributed by atoms with Gasteiger partial charge in [-0.1, -0.05) is 13.8 Å². The lowest BCUT2D eigenvalue weighted by atomic mass is 10.1. The van der Waals surface area contributed by atoms with Crippen molar-refractivity contribution in [2.75, 3.05) is 13.1 Å². The largest absolute Gasteiger partial charge is 0.465 e. The van der Waals surface area contributed by atoms with E-state index in [0.29, 0.717) is 23.6 Å². The Morgan fingerprint density at radius 1 is 1.06 bits per heavy atom. The minimum absolute atomic E-state index is 0.391. The van der Waals surface area contributed by atoms with Gasteiger partial charge >= 0.3 is 6.09 Å². The summed E-state index contributed by atoms with van der Waals surface area (Å²) in [7, 11) is 0. The van der Waals surface area contributed by atoms with Crippen molar-refractivity contribution in [2.45, 2.75) is 62.9 Å². The van der Waals surface area contributed by atoms with Gasteiger partial charge in [-0.05, 0) is 38.5 Å². The maximum Gasteiger partial charge on any atom is 0.407 e. The molecule has 0 aromatic carbocycles. The van der Waals surface area contributed by atoms with Crippen molar-refractivity contribution >= 4 is 31.4 Å². The average Bonchev–Trinajstić information content (AvgIpc) is 2.35. The number of rotatable bonds is 10. The van der Waals surface area contributed by atoms with Crippen LogP contribution in [0.1, 0.15) is 52.4 Å². The third-order valence-electron chi connectivity index (χ3n) is 3.14. The van der Waals surface area contributed by atoms with E-state index in [0.717, 1.165) is 38.5 Å². The third-order valence-corrected chi connectivity index (χ3v) is 4.39. The lowest BCUT2D eigenvalue weighted by Crippen LogP contribution is -2.32. The molecule has 18 heavy (non-hydrogen) atoms. The fourth-order valence-electron chi connectivity index (χ4n) is 1.75. The molecular weight excluding hydrogens is 266 g/mol. The SMILES string of the molecule is CCC(S)CCCN(CCCC(S)CC)C(=O)O. The number of nitrogens with zero attached hydrogens (tertiary/aromatic N) is 1. The van der Waals surface area contributed by atoms with Crippen molar-refractivity contribution in [2.24, 2.45) is 0 Å². The van der Waals surface area contributed by atoms with Crippen LogP contribution in [0.4, 0.5) is 4.79 Å². The molecule has 0 radical (unpaired) electrons. The van der Waals surface area contributed by atoms with Crippen molar-refractivity contribution in [3.63, 3.8) is 0 Å². The van der Waals surface area contributed by atoms with Crippen molar-refractivity contribution in [1.82, 2.24) is 4.90 Å². The van der Waals surface area contributed by atoms with Crippen LogP contribution in [0.15, 0.2) is 0 Å². The summed E-state index contributed by atoms with van der Waals surface area (Å²) in [5.41, 5.74) is 0. The van der Waals surface area contributed by atoms with Crippen LogP contribution in [-0.2, 0) is 0 Å². The number of carboxylic acid groups (broad SMARTS) is 1. The quantitative estimate of drug-likeness (QED) is 0.534. The Hall–Kier alpha value is -0.0300. The van der Waals surface area contributed by atoms with Crippen LogP contribution in [-0.4, -0.2) is 39.7 Å². The van der Waals surface area contributed by atoms with Gasteiger partial charge in [0.05, 0.1) is 0 Å². The van der Waals surface area contributed by atoms with Gasteiger partial charge in [-0.2, -0.15) is 25.3 Å². The molecule has 0 rings (SSSR count). The lowest BCUT2D eigenvalue weighted by Gasteiger charge is -2.20. The maximum absolute atomic E-state index is 11.1. The number of carbonyl (C=O) groups is 1. The van der Waals surface area contributed by atoms with Gasteiger partial charge in [-0.25, -0.2) is 4.79 Å². The van der Waals surface area contributed by atoms with Gasteiger partial charge in [-0.3, -0.25) is 0 Å². The molecule has 5 heteroatoms. The Morgan fingerprint density at radius 2 is 1.44 bits per heavy atom. The summed E-state index contributed by atoms with van der Waals surface area (Å²) in [4.78, 5) is 12.6. The van der Waals surface area contributed by atoms with Crippen LogP contribution in [0, 0.1) is 0 Å². The van der Waals surface area contributed by atoms with Gasteiger partial charge in [0.1, 0.15) is 0 Å². The normalized spacial score (nSPS) is 14.2. The van der Waals surface area contributed by atoms with E-state index >= 15 is 0 Å². The molecule has 0 fully saturated rings. The Balaban J connectivity index is 3.82. The van der Waals surface area contributed by atoms with Crippen LogP contribution < -0.4 is 0 Å². The zero-order valence-corrected chi connectivity index (χ0v) is 13.3. The van der Waals surface area contributed by atoms with Crippen LogP contribution in [0.5, 0.6) is 0 Å². The minimum atomic E-state index is -0.811. The summed E-state index contributed by atoms with van der Waals surface area (Å²) < 4.78 is 0. The predicted molar refractivity (Wildman–Crippen MR) is 84.2 cm³/mol. The van der Waals surface area contributed by atoms with Crippen molar-refractivity contribution in [3.8, 4) is 0 Å². The molecule has 0 spiro atoms. The highest BCUT2D eigenvalue weighted by atomic mass is 32.1. The summed E-state index contributed by atoms with van der Waals surface area (Å²) in [6.45, 7) is 5.44. The molecule has 3 nitrogen and oxygen atoms in total. The van der Waals surface area contributed by atoms with Crippen LogP contribution in [0.25, 0.3) is 0 Å². The predicted octanol–water partition coefficient (Wildman–Crippen LogP) is 3.94. The van der Waals surface area contributed by atoms with Gasteiger partial charge in [0.15, 0.2) is 0 Å². The number of hydrogen-bond donors (Lipinski definition) is 3. The lowest BCUT2D eigenvalue weighted by molar-refractivity contribution is 0.143. The molecule has 0 aromatic rings. The van der Waals surface area contributed by atoms with Crippen molar-refractivity contribution in [1.29, 1.82) is 0 Å². The first-order valence-electron chi connectivity index (χ1n) is 6.85. The molecular formula is C13H27NO2S2. The molecule has 1 N–H and O–H groups in total. The monoisotopic (exact) mass is 293 g/mol. The Kier molecular flexibility index (Phi) is 10.8. The summed E-state index contributed by atoms with van der Waals surface area (Å²) in [6, 6.07) is 0. The number of amides is 1. The zero-order chi connectivity index (χ0) is 14.0. The summed E-state index contributed by atoms with van der Waals surface area (Å²) in [6.07, 6.45) is 5.01. The van der Waals surface area contributed by atoms with E-state index in [1.807, 2.05) is 0 Å². The second-order valence-corrected chi connectivity index (χ2v) is 6.14. The third kappa shape index (κ3) is 8.97. The van der Waals surface area contributed by atoms with Crippen LogP contribution in [0.2, 0.25) is 0 Å². The topological polar surface area (TPSA) is 40.5 Å². The fraction of sp³-hybridized carbons (Fsp3) is 0.923. The first kappa shape index (κ1) is 18.0. The molecule has 1 amide bonds. The van der Waals surface area contributed by atoms with Crippen molar-refractivity contribution < 1.29 is 9.90 Å². The number of thiol groups is 2. The molecule has 0 aliphatic carbocycles. The van der Waals surface area contributed by atoms with Crippen LogP contribution in [0.3, 0.4) is 0 Å². The molecule has 0 heterocycles. The minimum Gasteiger partial charge on any atom is -0.465 e. The van der Waals surface area contributed by atoms with Gasteiger partial charge < -0.3 is 10.0 Å². The van der Waals surface area contributed by atoms with Gasteiger partial charge in [0.25, 0.3) is 0 Å². The molecule has 2 atom stereocenters. The van der Waals surface area contributed by atoms with E-state index in [1.165, 1.54) is 4.90 Å². The van der Waals surface area contributed by atoms with E-state index in [4.69, 9.17) is 5.11 Å². The standard InChI is InChI=1S/C13H27NO2S2/c1-3-11(17)7-5-9-14(13(15)16)10-6-8-12(18)4-2/h11-12,17-18H,3-10H2,1-2H3,(H,15,16). The highest BCUT2D eigenvalue weighted by Gasteiger charge is 2.12. The van der Waals surface area contributed by atoms with E-state index in [1.54, 1.807) is 0 Å². The second-order valence-electron chi connectivity index (χ2n) is 4.68. The van der Waals surface area contributed by atoms with E-state index < -0.39 is 6.09 Å². The smallest absolute Gasteiger partial charge is 0.407 e. The molecule has 0 aromatic heterocycles. The van der Waals surface area contributed by atoms with E-state index in [9.17, 15) is 4.79 Å². The second kappa shape index (κ2) is 10.9. The van der Waals surface area contributed by atoms with Crippen LogP contribution >= 0.6 is 25.3 Å². The summed E-state index contributed by atoms with van der Waals surface area (Å²) in [5.74, 6) is 0. The first-order valence-corrected chi connectivity index (χ1v) is 7.88. The fourth-order valence-corrected chi connectivity index (χ4v) is 2.11. The van der Waals surface area contributed by atoms with Gasteiger partial charge in [-0.15, -0.1) is 0 Å². The molecule has 0 saturated carbocycles. The first-order chi connectivity index (χ1) is 8.51. The highest BCUT2D eigenvalue weighted by Crippen LogP contribution is 2.12. The zero-order valence-electron chi connectivity index (χ0n) is 11.5. The average molecular weight is 293 g/mol. The number of hydrogen-bond acceptors (Lipinski definition) is 3. The van der Waals surface area contributed by atoms with Gasteiger partial charge in [0, 0.05) is 23.6 Å². The molecule has 0 aliphatic rings. The summed E-state index contributed by atoms with van der Waals surface area (Å²) >= 11 is 8.84. The molecule has 0 aliphatic heterocycles. The van der Waals surface area contributed by atoms with E-state index in [-0.39, 0.29) is 0 Å². The Labute approximate surface area is 122 Å². The molecule has 2 unspecified atom stereocenters.